The summed E-state index contributed by atoms with van der Waals surface area (Å²) in [6.45, 7) is 3.66. The highest BCUT2D eigenvalue weighted by molar-refractivity contribution is 7.12. The fourth-order valence-electron chi connectivity index (χ4n) is 0.625. The fourth-order valence-corrected chi connectivity index (χ4v) is 1.24. The number of nitrogens with zero attached hydrogens (tertiary/aromatic N) is 1. The minimum Gasteiger partial charge on any atom is -0.266 e. The molecular weight excluding hydrogens is 172 g/mol. The Morgan fingerprint density at radius 1 is 1.58 bits per heavy atom. The molecule has 1 heterocycles. The highest BCUT2D eigenvalue weighted by Crippen LogP contribution is 2.07. The van der Waals surface area contributed by atoms with Crippen molar-refractivity contribution in [1.82, 2.24) is 5.43 Å². The van der Waals surface area contributed by atoms with Gasteiger partial charge >= 0.3 is 0 Å². The summed E-state index contributed by atoms with van der Waals surface area (Å²) in [5.74, 6) is -0.147. The number of nitrogens with one attached hydrogen (secondary N) is 1. The zero-order valence-electron chi connectivity index (χ0n) is 7.00. The maximum absolute atomic E-state index is 11.2. The summed E-state index contributed by atoms with van der Waals surface area (Å²) in [5, 5.41) is 5.66. The zero-order chi connectivity index (χ0) is 8.97. The highest BCUT2D eigenvalue weighted by Gasteiger charge is 2.03. The highest BCUT2D eigenvalue weighted by atomic mass is 32.1. The monoisotopic (exact) mass is 182 g/mol. The van der Waals surface area contributed by atoms with Crippen molar-refractivity contribution in [1.29, 1.82) is 0 Å². The van der Waals surface area contributed by atoms with Crippen molar-refractivity contribution < 1.29 is 4.79 Å². The standard InChI is InChI=1S/C8H10N2OS/c1-6(2)9-10-8(11)7-4-3-5-12-7/h3-5H,1-2H3,(H,10,11). The number of hydrogen-bond acceptors (Lipinski definition) is 3. The topological polar surface area (TPSA) is 41.5 Å². The van der Waals surface area contributed by atoms with Gasteiger partial charge in [0.05, 0.1) is 4.88 Å². The molecule has 0 aliphatic carbocycles. The molecule has 0 aliphatic heterocycles. The molecule has 1 aromatic rings. The van der Waals surface area contributed by atoms with Gasteiger partial charge in [0.15, 0.2) is 0 Å². The summed E-state index contributed by atoms with van der Waals surface area (Å²) >= 11 is 1.40. The van der Waals surface area contributed by atoms with E-state index >= 15 is 0 Å². The third-order valence-corrected chi connectivity index (χ3v) is 1.99. The first kappa shape index (κ1) is 8.93. The van der Waals surface area contributed by atoms with Crippen molar-refractivity contribution in [3.05, 3.63) is 22.4 Å². The predicted molar refractivity (Wildman–Crippen MR) is 50.6 cm³/mol. The van der Waals surface area contributed by atoms with E-state index in [0.29, 0.717) is 4.88 Å². The Hall–Kier alpha value is -1.16. The zero-order valence-corrected chi connectivity index (χ0v) is 7.81. The molecule has 3 nitrogen and oxygen atoms in total. The Labute approximate surface area is 75.1 Å². The minimum absolute atomic E-state index is 0.147. The first-order chi connectivity index (χ1) is 5.70. The molecule has 0 bridgehead atoms. The maximum atomic E-state index is 11.2. The minimum atomic E-state index is -0.147. The van der Waals surface area contributed by atoms with Crippen LogP contribution in [0.2, 0.25) is 0 Å². The largest absolute Gasteiger partial charge is 0.281 e. The quantitative estimate of drug-likeness (QED) is 0.550. The molecule has 1 aromatic heterocycles. The molecular formula is C8H10N2OS. The van der Waals surface area contributed by atoms with Crippen LogP contribution in [0.15, 0.2) is 22.6 Å². The number of amides is 1. The molecule has 0 unspecified atom stereocenters. The molecule has 1 amide bonds. The van der Waals surface area contributed by atoms with Gasteiger partial charge in [0.1, 0.15) is 0 Å². The van der Waals surface area contributed by atoms with E-state index in [2.05, 4.69) is 10.5 Å². The maximum Gasteiger partial charge on any atom is 0.281 e. The molecule has 0 saturated carbocycles. The second kappa shape index (κ2) is 4.01. The van der Waals surface area contributed by atoms with Gasteiger partial charge in [-0.05, 0) is 25.3 Å². The van der Waals surface area contributed by atoms with Gasteiger partial charge in [-0.25, -0.2) is 5.43 Å². The molecule has 4 heteroatoms. The number of carbonyl (C=O) groups is 1. The van der Waals surface area contributed by atoms with Crippen LogP contribution in [-0.4, -0.2) is 11.6 Å². The van der Waals surface area contributed by atoms with Gasteiger partial charge in [-0.15, -0.1) is 11.3 Å². The second-order valence-electron chi connectivity index (χ2n) is 2.48. The smallest absolute Gasteiger partial charge is 0.266 e. The van der Waals surface area contributed by atoms with Crippen molar-refractivity contribution >= 4 is 23.0 Å². The molecule has 1 N–H and O–H groups in total. The van der Waals surface area contributed by atoms with E-state index in [1.807, 2.05) is 25.3 Å². The second-order valence-corrected chi connectivity index (χ2v) is 3.42. The summed E-state index contributed by atoms with van der Waals surface area (Å²) in [6, 6.07) is 3.60. The van der Waals surface area contributed by atoms with Crippen molar-refractivity contribution in [2.24, 2.45) is 5.10 Å². The molecule has 0 aromatic carbocycles. The Morgan fingerprint density at radius 2 is 2.33 bits per heavy atom. The molecule has 0 radical (unpaired) electrons. The molecule has 0 atom stereocenters. The number of rotatable bonds is 2. The van der Waals surface area contributed by atoms with Crippen LogP contribution >= 0.6 is 11.3 Å². The number of hydrogen-bond donors (Lipinski definition) is 1. The van der Waals surface area contributed by atoms with E-state index < -0.39 is 0 Å². The van der Waals surface area contributed by atoms with Crippen LogP contribution in [-0.2, 0) is 0 Å². The number of thiophene rings is 1. The SMILES string of the molecule is CC(C)=NNC(=O)c1cccs1. The summed E-state index contributed by atoms with van der Waals surface area (Å²) in [7, 11) is 0. The number of hydrazone groups is 1. The Morgan fingerprint density at radius 3 is 2.83 bits per heavy atom. The van der Waals surface area contributed by atoms with Crippen LogP contribution in [0.4, 0.5) is 0 Å². The van der Waals surface area contributed by atoms with Gasteiger partial charge in [-0.3, -0.25) is 4.79 Å². The molecule has 0 fully saturated rings. The van der Waals surface area contributed by atoms with Gasteiger partial charge in [-0.1, -0.05) is 6.07 Å². The van der Waals surface area contributed by atoms with E-state index in [1.54, 1.807) is 6.07 Å². The Balaban J connectivity index is 2.57. The summed E-state index contributed by atoms with van der Waals surface area (Å²) in [4.78, 5) is 11.9. The van der Waals surface area contributed by atoms with Gasteiger partial charge < -0.3 is 0 Å². The third-order valence-electron chi connectivity index (χ3n) is 1.13. The molecule has 12 heavy (non-hydrogen) atoms. The lowest BCUT2D eigenvalue weighted by Gasteiger charge is -1.95. The first-order valence-electron chi connectivity index (χ1n) is 3.55. The van der Waals surface area contributed by atoms with Crippen molar-refractivity contribution in [2.45, 2.75) is 13.8 Å². The van der Waals surface area contributed by atoms with E-state index in [0.717, 1.165) is 5.71 Å². The number of carbonyl (C=O) groups excluding carboxylic acids is 1. The molecule has 0 aliphatic rings. The lowest BCUT2D eigenvalue weighted by atomic mass is 10.4. The van der Waals surface area contributed by atoms with Gasteiger partial charge in [0, 0.05) is 5.71 Å². The fraction of sp³-hybridized carbons (Fsp3) is 0.250. The summed E-state index contributed by atoms with van der Waals surface area (Å²) < 4.78 is 0. The third kappa shape index (κ3) is 2.47. The Kier molecular flexibility index (Phi) is 2.99. The normalized spacial score (nSPS) is 9.17. The lowest BCUT2D eigenvalue weighted by molar-refractivity contribution is 0.0959. The average Bonchev–Trinajstić information content (AvgIpc) is 2.51. The van der Waals surface area contributed by atoms with E-state index in [9.17, 15) is 4.79 Å². The Bertz CT molecular complexity index is 286. The van der Waals surface area contributed by atoms with E-state index in [1.165, 1.54) is 11.3 Å². The van der Waals surface area contributed by atoms with Crippen LogP contribution in [0.3, 0.4) is 0 Å². The van der Waals surface area contributed by atoms with Crippen molar-refractivity contribution in [3.8, 4) is 0 Å². The van der Waals surface area contributed by atoms with Gasteiger partial charge in [-0.2, -0.15) is 5.10 Å². The predicted octanol–water partition coefficient (Wildman–Crippen LogP) is 1.87. The molecule has 0 spiro atoms. The van der Waals surface area contributed by atoms with Gasteiger partial charge in [0.2, 0.25) is 0 Å². The first-order valence-corrected chi connectivity index (χ1v) is 4.43. The summed E-state index contributed by atoms with van der Waals surface area (Å²) in [5.41, 5.74) is 3.28. The van der Waals surface area contributed by atoms with Crippen LogP contribution in [0, 0.1) is 0 Å². The van der Waals surface area contributed by atoms with Crippen LogP contribution in [0.25, 0.3) is 0 Å². The van der Waals surface area contributed by atoms with Crippen LogP contribution in [0.5, 0.6) is 0 Å². The van der Waals surface area contributed by atoms with E-state index in [4.69, 9.17) is 0 Å². The average molecular weight is 182 g/mol. The van der Waals surface area contributed by atoms with Crippen molar-refractivity contribution in [2.75, 3.05) is 0 Å². The van der Waals surface area contributed by atoms with Crippen LogP contribution in [0.1, 0.15) is 23.5 Å². The molecule has 0 saturated heterocycles. The van der Waals surface area contributed by atoms with E-state index in [-0.39, 0.29) is 5.91 Å². The van der Waals surface area contributed by atoms with Crippen molar-refractivity contribution in [3.63, 3.8) is 0 Å². The lowest BCUT2D eigenvalue weighted by Crippen LogP contribution is -2.16. The molecule has 1 rings (SSSR count). The summed E-state index contributed by atoms with van der Waals surface area (Å²) in [6.07, 6.45) is 0. The van der Waals surface area contributed by atoms with Gasteiger partial charge in [0.25, 0.3) is 5.91 Å². The van der Waals surface area contributed by atoms with Crippen LogP contribution < -0.4 is 5.43 Å². The molecule has 64 valence electrons.